The molecule has 4 nitrogen and oxygen atoms in total. The summed E-state index contributed by atoms with van der Waals surface area (Å²) < 4.78 is 5.13. The molecule has 0 aromatic heterocycles. The zero-order valence-electron chi connectivity index (χ0n) is 9.85. The number of aliphatic hydroxyl groups is 1. The van der Waals surface area contributed by atoms with Crippen LogP contribution in [0.25, 0.3) is 0 Å². The summed E-state index contributed by atoms with van der Waals surface area (Å²) in [5.41, 5.74) is 0.508. The summed E-state index contributed by atoms with van der Waals surface area (Å²) in [5.74, 6) is 0.367. The molecule has 0 bridgehead atoms. The van der Waals surface area contributed by atoms with Crippen molar-refractivity contribution < 1.29 is 14.6 Å². The smallest absolute Gasteiger partial charge is 0.255 e. The van der Waals surface area contributed by atoms with Crippen molar-refractivity contribution in [3.05, 3.63) is 29.8 Å². The SMILES string of the molecule is COc1ccccc1C(=O)NC1CCCC1O. The predicted molar refractivity (Wildman–Crippen MR) is 64.1 cm³/mol. The van der Waals surface area contributed by atoms with Crippen molar-refractivity contribution in [2.24, 2.45) is 0 Å². The molecular formula is C13H17NO3. The average molecular weight is 235 g/mol. The Morgan fingerprint density at radius 3 is 2.82 bits per heavy atom. The van der Waals surface area contributed by atoms with Crippen LogP contribution in [-0.2, 0) is 0 Å². The summed E-state index contributed by atoms with van der Waals surface area (Å²) in [6.45, 7) is 0. The minimum atomic E-state index is -0.423. The first-order valence-corrected chi connectivity index (χ1v) is 5.84. The lowest BCUT2D eigenvalue weighted by Crippen LogP contribution is -2.39. The largest absolute Gasteiger partial charge is 0.496 e. The molecule has 1 saturated carbocycles. The number of hydrogen-bond donors (Lipinski definition) is 2. The van der Waals surface area contributed by atoms with Crippen LogP contribution in [0.1, 0.15) is 29.6 Å². The second-order valence-corrected chi connectivity index (χ2v) is 4.28. The molecule has 2 unspecified atom stereocenters. The highest BCUT2D eigenvalue weighted by Crippen LogP contribution is 2.21. The Morgan fingerprint density at radius 2 is 2.18 bits per heavy atom. The van der Waals surface area contributed by atoms with E-state index in [2.05, 4.69) is 5.32 Å². The van der Waals surface area contributed by atoms with Crippen LogP contribution in [0.4, 0.5) is 0 Å². The molecule has 0 heterocycles. The normalized spacial score (nSPS) is 23.4. The fourth-order valence-corrected chi connectivity index (χ4v) is 2.19. The first-order chi connectivity index (χ1) is 8.22. The topological polar surface area (TPSA) is 58.6 Å². The number of carbonyl (C=O) groups excluding carboxylic acids is 1. The molecule has 1 aromatic rings. The van der Waals surface area contributed by atoms with Gasteiger partial charge in [0, 0.05) is 0 Å². The molecule has 0 spiro atoms. The van der Waals surface area contributed by atoms with Gasteiger partial charge in [0.1, 0.15) is 5.75 Å². The highest BCUT2D eigenvalue weighted by Gasteiger charge is 2.27. The van der Waals surface area contributed by atoms with Crippen LogP contribution in [0.15, 0.2) is 24.3 Å². The molecule has 0 aliphatic heterocycles. The summed E-state index contributed by atoms with van der Waals surface area (Å²) in [6, 6.07) is 6.95. The lowest BCUT2D eigenvalue weighted by molar-refractivity contribution is 0.0870. The van der Waals surface area contributed by atoms with E-state index in [1.807, 2.05) is 6.07 Å². The summed E-state index contributed by atoms with van der Waals surface area (Å²) in [4.78, 5) is 12.0. The maximum atomic E-state index is 12.0. The number of nitrogens with one attached hydrogen (secondary N) is 1. The third-order valence-electron chi connectivity index (χ3n) is 3.15. The molecule has 17 heavy (non-hydrogen) atoms. The first-order valence-electron chi connectivity index (χ1n) is 5.84. The maximum absolute atomic E-state index is 12.0. The predicted octanol–water partition coefficient (Wildman–Crippen LogP) is 1.34. The van der Waals surface area contributed by atoms with Gasteiger partial charge in [-0.1, -0.05) is 12.1 Å². The van der Waals surface area contributed by atoms with Gasteiger partial charge < -0.3 is 15.2 Å². The minimum Gasteiger partial charge on any atom is -0.496 e. The second kappa shape index (κ2) is 5.19. The van der Waals surface area contributed by atoms with Crippen LogP contribution in [0, 0.1) is 0 Å². The van der Waals surface area contributed by atoms with Crippen LogP contribution >= 0.6 is 0 Å². The molecule has 4 heteroatoms. The van der Waals surface area contributed by atoms with Crippen molar-refractivity contribution in [2.45, 2.75) is 31.4 Å². The Hall–Kier alpha value is -1.55. The molecule has 2 N–H and O–H groups in total. The van der Waals surface area contributed by atoms with E-state index in [4.69, 9.17) is 4.74 Å². The summed E-state index contributed by atoms with van der Waals surface area (Å²) >= 11 is 0. The van der Waals surface area contributed by atoms with Gasteiger partial charge in [-0.25, -0.2) is 0 Å². The van der Waals surface area contributed by atoms with Crippen molar-refractivity contribution in [3.63, 3.8) is 0 Å². The van der Waals surface area contributed by atoms with Crippen LogP contribution in [-0.4, -0.2) is 30.3 Å². The number of aliphatic hydroxyl groups excluding tert-OH is 1. The van der Waals surface area contributed by atoms with Gasteiger partial charge in [-0.3, -0.25) is 4.79 Å². The van der Waals surface area contributed by atoms with E-state index in [0.717, 1.165) is 19.3 Å². The number of methoxy groups -OCH3 is 1. The van der Waals surface area contributed by atoms with E-state index in [1.165, 1.54) is 7.11 Å². The minimum absolute atomic E-state index is 0.132. The summed E-state index contributed by atoms with van der Waals surface area (Å²) in [7, 11) is 1.54. The first kappa shape index (κ1) is 11.9. The Morgan fingerprint density at radius 1 is 1.41 bits per heavy atom. The lowest BCUT2D eigenvalue weighted by Gasteiger charge is -2.17. The van der Waals surface area contributed by atoms with E-state index in [0.29, 0.717) is 11.3 Å². The van der Waals surface area contributed by atoms with Gasteiger partial charge in [-0.05, 0) is 31.4 Å². The third kappa shape index (κ3) is 2.58. The zero-order valence-corrected chi connectivity index (χ0v) is 9.85. The van der Waals surface area contributed by atoms with Crippen molar-refractivity contribution in [1.29, 1.82) is 0 Å². The van der Waals surface area contributed by atoms with Crippen molar-refractivity contribution in [2.75, 3.05) is 7.11 Å². The Labute approximate surface area is 101 Å². The molecule has 92 valence electrons. The van der Waals surface area contributed by atoms with E-state index < -0.39 is 6.10 Å². The Kier molecular flexibility index (Phi) is 3.64. The highest BCUT2D eigenvalue weighted by atomic mass is 16.5. The van der Waals surface area contributed by atoms with Crippen LogP contribution in [0.3, 0.4) is 0 Å². The number of hydrogen-bond acceptors (Lipinski definition) is 3. The van der Waals surface area contributed by atoms with Gasteiger partial charge in [0.05, 0.1) is 24.8 Å². The Bertz CT molecular complexity index is 405. The summed E-state index contributed by atoms with van der Waals surface area (Å²) in [6.07, 6.45) is 2.13. The average Bonchev–Trinajstić information content (AvgIpc) is 2.75. The zero-order chi connectivity index (χ0) is 12.3. The Balaban J connectivity index is 2.09. The molecule has 1 aliphatic carbocycles. The molecule has 1 aromatic carbocycles. The van der Waals surface area contributed by atoms with Crippen molar-refractivity contribution in [3.8, 4) is 5.75 Å². The van der Waals surface area contributed by atoms with Gasteiger partial charge in [-0.15, -0.1) is 0 Å². The van der Waals surface area contributed by atoms with Gasteiger partial charge >= 0.3 is 0 Å². The number of benzene rings is 1. The van der Waals surface area contributed by atoms with Gasteiger partial charge in [0.25, 0.3) is 5.91 Å². The van der Waals surface area contributed by atoms with Crippen molar-refractivity contribution in [1.82, 2.24) is 5.32 Å². The van der Waals surface area contributed by atoms with Crippen LogP contribution < -0.4 is 10.1 Å². The van der Waals surface area contributed by atoms with Crippen molar-refractivity contribution >= 4 is 5.91 Å². The molecular weight excluding hydrogens is 218 g/mol. The monoisotopic (exact) mass is 235 g/mol. The van der Waals surface area contributed by atoms with E-state index in [-0.39, 0.29) is 11.9 Å². The number of rotatable bonds is 3. The maximum Gasteiger partial charge on any atom is 0.255 e. The van der Waals surface area contributed by atoms with Gasteiger partial charge in [0.15, 0.2) is 0 Å². The van der Waals surface area contributed by atoms with E-state index in [9.17, 15) is 9.90 Å². The number of amides is 1. The molecule has 0 radical (unpaired) electrons. The third-order valence-corrected chi connectivity index (χ3v) is 3.15. The molecule has 1 amide bonds. The number of ether oxygens (including phenoxy) is 1. The fraction of sp³-hybridized carbons (Fsp3) is 0.462. The molecule has 2 rings (SSSR count). The van der Waals surface area contributed by atoms with Gasteiger partial charge in [0.2, 0.25) is 0 Å². The van der Waals surface area contributed by atoms with E-state index >= 15 is 0 Å². The fourth-order valence-electron chi connectivity index (χ4n) is 2.19. The number of para-hydroxylation sites is 1. The van der Waals surface area contributed by atoms with E-state index in [1.54, 1.807) is 18.2 Å². The molecule has 2 atom stereocenters. The second-order valence-electron chi connectivity index (χ2n) is 4.28. The van der Waals surface area contributed by atoms with Gasteiger partial charge in [-0.2, -0.15) is 0 Å². The lowest BCUT2D eigenvalue weighted by atomic mass is 10.1. The van der Waals surface area contributed by atoms with Crippen LogP contribution in [0.5, 0.6) is 5.75 Å². The molecule has 0 saturated heterocycles. The van der Waals surface area contributed by atoms with Crippen LogP contribution in [0.2, 0.25) is 0 Å². The quantitative estimate of drug-likeness (QED) is 0.831. The summed E-state index contributed by atoms with van der Waals surface area (Å²) in [5, 5.41) is 12.5. The molecule has 1 aliphatic rings. The highest BCUT2D eigenvalue weighted by molar-refractivity contribution is 5.97. The molecule has 1 fully saturated rings. The number of carbonyl (C=O) groups is 1. The standard InChI is InChI=1S/C13H17NO3/c1-17-12-8-3-2-5-9(12)13(16)14-10-6-4-7-11(10)15/h2-3,5,8,10-11,15H,4,6-7H2,1H3,(H,14,16).